The predicted octanol–water partition coefficient (Wildman–Crippen LogP) is 3.70. The van der Waals surface area contributed by atoms with Crippen LogP contribution in [0.5, 0.6) is 0 Å². The summed E-state index contributed by atoms with van der Waals surface area (Å²) >= 11 is 1.58. The molecule has 0 aliphatic heterocycles. The van der Waals surface area contributed by atoms with Gasteiger partial charge in [0, 0.05) is 38.2 Å². The van der Waals surface area contributed by atoms with E-state index < -0.39 is 10.0 Å². The molecule has 0 aliphatic carbocycles. The zero-order valence-electron chi connectivity index (χ0n) is 18.4. The van der Waals surface area contributed by atoms with Crippen molar-refractivity contribution in [3.8, 4) is 11.1 Å². The smallest absolute Gasteiger partial charge is 0.238 e. The Balaban J connectivity index is 1.71. The molecule has 2 aromatic carbocycles. The second-order valence-corrected chi connectivity index (χ2v) is 9.94. The predicted molar refractivity (Wildman–Crippen MR) is 133 cm³/mol. The van der Waals surface area contributed by atoms with Gasteiger partial charge in [0.2, 0.25) is 16.0 Å². The normalized spacial score (nSPS) is 11.6. The minimum atomic E-state index is -3.72. The number of nitrogens with two attached hydrogens (primary N) is 1. The van der Waals surface area contributed by atoms with E-state index in [-0.39, 0.29) is 4.90 Å². The van der Waals surface area contributed by atoms with Crippen LogP contribution in [0.15, 0.2) is 64.9 Å². The maximum Gasteiger partial charge on any atom is 0.238 e. The van der Waals surface area contributed by atoms with E-state index in [4.69, 9.17) is 19.8 Å². The number of sulfonamides is 1. The molecule has 2 aromatic heterocycles. The standard InChI is InChI=1S/C23H25N5O3S2/c1-28(12-13-31-2)23-26-21(25-14-16-8-10-18(11-9-16)33(24,29)30)20-19(15-32-22(20)27-23)17-6-4-3-5-7-17/h3-11,15H,12-14H2,1-2H3,(H2,24,29,30)(H,25,26,27). The number of nitrogens with zero attached hydrogens (tertiary/aromatic N) is 3. The van der Waals surface area contributed by atoms with Crippen LogP contribution >= 0.6 is 11.3 Å². The van der Waals surface area contributed by atoms with Gasteiger partial charge in [-0.25, -0.2) is 18.5 Å². The summed E-state index contributed by atoms with van der Waals surface area (Å²) in [6.07, 6.45) is 0. The number of primary sulfonamides is 1. The Hall–Kier alpha value is -3.05. The Labute approximate surface area is 197 Å². The molecule has 0 bridgehead atoms. The Morgan fingerprint density at radius 1 is 1.09 bits per heavy atom. The topological polar surface area (TPSA) is 110 Å². The molecule has 3 N–H and O–H groups in total. The zero-order chi connectivity index (χ0) is 23.4. The minimum absolute atomic E-state index is 0.0851. The van der Waals surface area contributed by atoms with E-state index in [1.165, 1.54) is 12.1 Å². The maximum absolute atomic E-state index is 11.5. The Bertz CT molecular complexity index is 1340. The number of aromatic nitrogens is 2. The molecule has 0 spiro atoms. The van der Waals surface area contributed by atoms with Gasteiger partial charge in [0.25, 0.3) is 0 Å². The Morgan fingerprint density at radius 3 is 2.48 bits per heavy atom. The van der Waals surface area contributed by atoms with E-state index in [0.29, 0.717) is 25.6 Å². The summed E-state index contributed by atoms with van der Waals surface area (Å²) < 4.78 is 28.2. The van der Waals surface area contributed by atoms with Gasteiger partial charge in [0.15, 0.2) is 0 Å². The number of thiophene rings is 1. The molecular weight excluding hydrogens is 458 g/mol. The summed E-state index contributed by atoms with van der Waals surface area (Å²) in [5.41, 5.74) is 3.06. The van der Waals surface area contributed by atoms with E-state index in [0.717, 1.165) is 32.7 Å². The fraction of sp³-hybridized carbons (Fsp3) is 0.217. The van der Waals surface area contributed by atoms with Crippen molar-refractivity contribution in [1.82, 2.24) is 9.97 Å². The lowest BCUT2D eigenvalue weighted by atomic mass is 10.1. The van der Waals surface area contributed by atoms with Crippen molar-refractivity contribution in [3.05, 3.63) is 65.5 Å². The molecule has 0 unspecified atom stereocenters. The number of rotatable bonds is 9. The number of fused-ring (bicyclic) bond motifs is 1. The average Bonchev–Trinajstić information content (AvgIpc) is 3.25. The first-order valence-corrected chi connectivity index (χ1v) is 12.7. The minimum Gasteiger partial charge on any atom is -0.383 e. The molecule has 8 nitrogen and oxygen atoms in total. The van der Waals surface area contributed by atoms with Crippen LogP contribution in [0.4, 0.5) is 11.8 Å². The third kappa shape index (κ3) is 5.31. The van der Waals surface area contributed by atoms with Crippen molar-refractivity contribution >= 4 is 43.3 Å². The van der Waals surface area contributed by atoms with Crippen molar-refractivity contribution < 1.29 is 13.2 Å². The van der Waals surface area contributed by atoms with Crippen molar-refractivity contribution in [2.24, 2.45) is 5.14 Å². The molecule has 172 valence electrons. The number of ether oxygens (including phenoxy) is 1. The van der Waals surface area contributed by atoms with Crippen LogP contribution in [0.2, 0.25) is 0 Å². The van der Waals surface area contributed by atoms with Crippen LogP contribution < -0.4 is 15.4 Å². The summed E-state index contributed by atoms with van der Waals surface area (Å²) in [6.45, 7) is 1.69. The molecule has 0 fully saturated rings. The van der Waals surface area contributed by atoms with Gasteiger partial charge in [-0.1, -0.05) is 42.5 Å². The first kappa shape index (κ1) is 23.1. The van der Waals surface area contributed by atoms with Crippen molar-refractivity contribution in [2.75, 3.05) is 37.5 Å². The largest absolute Gasteiger partial charge is 0.383 e. The molecule has 33 heavy (non-hydrogen) atoms. The molecule has 4 aromatic rings. The molecule has 4 rings (SSSR count). The maximum atomic E-state index is 11.5. The van der Waals surface area contributed by atoms with Gasteiger partial charge in [-0.05, 0) is 23.3 Å². The fourth-order valence-electron chi connectivity index (χ4n) is 3.37. The van der Waals surface area contributed by atoms with Crippen molar-refractivity contribution in [2.45, 2.75) is 11.4 Å². The first-order valence-electron chi connectivity index (χ1n) is 10.3. The van der Waals surface area contributed by atoms with Crippen molar-refractivity contribution in [1.29, 1.82) is 0 Å². The van der Waals surface area contributed by atoms with Gasteiger partial charge in [-0.2, -0.15) is 4.98 Å². The van der Waals surface area contributed by atoms with Crippen LogP contribution in [-0.2, 0) is 21.3 Å². The van der Waals surface area contributed by atoms with Crippen LogP contribution in [0.1, 0.15) is 5.56 Å². The summed E-state index contributed by atoms with van der Waals surface area (Å²) in [6, 6.07) is 16.6. The van der Waals surface area contributed by atoms with Crippen LogP contribution in [0, 0.1) is 0 Å². The van der Waals surface area contributed by atoms with Gasteiger partial charge in [0.1, 0.15) is 10.6 Å². The molecular formula is C23H25N5O3S2. The number of likely N-dealkylation sites (N-methyl/N-ethyl adjacent to an activating group) is 1. The number of benzene rings is 2. The molecule has 0 aliphatic rings. The zero-order valence-corrected chi connectivity index (χ0v) is 20.0. The van der Waals surface area contributed by atoms with E-state index in [2.05, 4.69) is 22.8 Å². The Kier molecular flexibility index (Phi) is 6.89. The summed E-state index contributed by atoms with van der Waals surface area (Å²) in [5, 5.41) is 11.7. The molecule has 0 amide bonds. The lowest BCUT2D eigenvalue weighted by molar-refractivity contribution is 0.206. The molecule has 10 heteroatoms. The third-order valence-corrected chi connectivity index (χ3v) is 6.99. The number of anilines is 2. The first-order chi connectivity index (χ1) is 15.9. The monoisotopic (exact) mass is 483 g/mol. The lowest BCUT2D eigenvalue weighted by Gasteiger charge is -2.18. The molecule has 0 saturated carbocycles. The van der Waals surface area contributed by atoms with Gasteiger partial charge in [-0.15, -0.1) is 11.3 Å². The van der Waals surface area contributed by atoms with E-state index in [1.807, 2.05) is 30.1 Å². The van der Waals surface area contributed by atoms with Gasteiger partial charge >= 0.3 is 0 Å². The van der Waals surface area contributed by atoms with Gasteiger partial charge in [-0.3, -0.25) is 0 Å². The Morgan fingerprint density at radius 2 is 1.82 bits per heavy atom. The molecule has 0 atom stereocenters. The highest BCUT2D eigenvalue weighted by Crippen LogP contribution is 2.38. The highest BCUT2D eigenvalue weighted by molar-refractivity contribution is 7.89. The number of hydrogen-bond donors (Lipinski definition) is 2. The van der Waals surface area contributed by atoms with E-state index >= 15 is 0 Å². The van der Waals surface area contributed by atoms with Gasteiger partial charge in [0.05, 0.1) is 16.9 Å². The molecule has 0 radical (unpaired) electrons. The van der Waals surface area contributed by atoms with Gasteiger partial charge < -0.3 is 15.0 Å². The van der Waals surface area contributed by atoms with Crippen LogP contribution in [0.25, 0.3) is 21.3 Å². The lowest BCUT2D eigenvalue weighted by Crippen LogP contribution is -2.24. The SMILES string of the molecule is COCCN(C)c1nc(NCc2ccc(S(N)(=O)=O)cc2)c2c(-c3ccccc3)csc2n1. The van der Waals surface area contributed by atoms with E-state index in [1.54, 1.807) is 30.6 Å². The number of methoxy groups -OCH3 is 1. The summed E-state index contributed by atoms with van der Waals surface area (Å²) in [5.74, 6) is 1.32. The quantitative estimate of drug-likeness (QED) is 0.373. The molecule has 0 saturated heterocycles. The summed E-state index contributed by atoms with van der Waals surface area (Å²) in [7, 11) is -0.126. The van der Waals surface area contributed by atoms with E-state index in [9.17, 15) is 8.42 Å². The third-order valence-electron chi connectivity index (χ3n) is 5.19. The highest BCUT2D eigenvalue weighted by Gasteiger charge is 2.17. The number of hydrogen-bond acceptors (Lipinski definition) is 8. The highest BCUT2D eigenvalue weighted by atomic mass is 32.2. The molecule has 2 heterocycles. The van der Waals surface area contributed by atoms with Crippen LogP contribution in [0.3, 0.4) is 0 Å². The van der Waals surface area contributed by atoms with Crippen LogP contribution in [-0.4, -0.2) is 45.7 Å². The average molecular weight is 484 g/mol. The summed E-state index contributed by atoms with van der Waals surface area (Å²) in [4.78, 5) is 12.5. The fourth-order valence-corrected chi connectivity index (χ4v) is 4.83. The van der Waals surface area contributed by atoms with Crippen molar-refractivity contribution in [3.63, 3.8) is 0 Å². The number of nitrogens with one attached hydrogen (secondary N) is 1. The second kappa shape index (κ2) is 9.84. The second-order valence-electron chi connectivity index (χ2n) is 7.52.